The first-order valence-electron chi connectivity index (χ1n) is 5.35. The molecular formula is C11H18O2S. The summed E-state index contributed by atoms with van der Waals surface area (Å²) in [5.74, 6) is 2.87. The summed E-state index contributed by atoms with van der Waals surface area (Å²) in [6.45, 7) is 4.21. The van der Waals surface area contributed by atoms with Gasteiger partial charge in [-0.1, -0.05) is 13.8 Å². The van der Waals surface area contributed by atoms with Crippen LogP contribution in [0.5, 0.6) is 0 Å². The average Bonchev–Trinajstić information content (AvgIpc) is 2.71. The Morgan fingerprint density at radius 1 is 1.50 bits per heavy atom. The van der Waals surface area contributed by atoms with E-state index in [9.17, 15) is 4.79 Å². The van der Waals surface area contributed by atoms with Gasteiger partial charge in [0.1, 0.15) is 0 Å². The highest BCUT2D eigenvalue weighted by atomic mass is 32.2. The van der Waals surface area contributed by atoms with Crippen molar-refractivity contribution in [1.82, 2.24) is 0 Å². The lowest BCUT2D eigenvalue weighted by atomic mass is 9.94. The molecule has 2 aliphatic rings. The molecule has 0 bridgehead atoms. The van der Waals surface area contributed by atoms with E-state index in [0.29, 0.717) is 11.8 Å². The third-order valence-electron chi connectivity index (χ3n) is 3.88. The third kappa shape index (κ3) is 1.56. The van der Waals surface area contributed by atoms with E-state index in [2.05, 4.69) is 13.8 Å². The lowest BCUT2D eigenvalue weighted by Gasteiger charge is -2.22. The molecule has 1 saturated heterocycles. The summed E-state index contributed by atoms with van der Waals surface area (Å²) in [6, 6.07) is 0. The zero-order valence-corrected chi connectivity index (χ0v) is 9.64. The standard InChI is InChI=1S/C11H18O2S/c1-11(2)8(9(11)10(12)13)7-4-3-5-14-6-7/h7-9H,3-6H2,1-2H3,(H,12,13)/t7?,8-,9+/m1/s1. The number of thioether (sulfide) groups is 1. The van der Waals surface area contributed by atoms with E-state index in [1.54, 1.807) is 0 Å². The first-order valence-corrected chi connectivity index (χ1v) is 6.51. The van der Waals surface area contributed by atoms with Crippen LogP contribution in [0.1, 0.15) is 26.7 Å². The van der Waals surface area contributed by atoms with Crippen LogP contribution in [-0.2, 0) is 4.79 Å². The molecule has 1 aliphatic carbocycles. The van der Waals surface area contributed by atoms with Gasteiger partial charge in [0.25, 0.3) is 0 Å². The Labute approximate surface area is 89.5 Å². The molecule has 3 heteroatoms. The molecule has 2 fully saturated rings. The number of hydrogen-bond donors (Lipinski definition) is 1. The van der Waals surface area contributed by atoms with Crippen LogP contribution in [0, 0.1) is 23.2 Å². The lowest BCUT2D eigenvalue weighted by Crippen LogP contribution is -2.16. The second-order valence-corrected chi connectivity index (χ2v) is 6.29. The number of aliphatic carboxylic acids is 1. The van der Waals surface area contributed by atoms with Gasteiger partial charge in [-0.2, -0.15) is 11.8 Å². The van der Waals surface area contributed by atoms with Gasteiger partial charge in [-0.15, -0.1) is 0 Å². The summed E-state index contributed by atoms with van der Waals surface area (Å²) in [6.07, 6.45) is 2.51. The topological polar surface area (TPSA) is 37.3 Å². The lowest BCUT2D eigenvalue weighted by molar-refractivity contribution is -0.139. The van der Waals surface area contributed by atoms with Gasteiger partial charge >= 0.3 is 5.97 Å². The van der Waals surface area contributed by atoms with E-state index < -0.39 is 5.97 Å². The zero-order valence-electron chi connectivity index (χ0n) is 8.82. The van der Waals surface area contributed by atoms with E-state index in [1.807, 2.05) is 11.8 Å². The van der Waals surface area contributed by atoms with Gasteiger partial charge in [-0.05, 0) is 41.6 Å². The molecule has 0 aromatic carbocycles. The Hall–Kier alpha value is -0.180. The Morgan fingerprint density at radius 2 is 2.21 bits per heavy atom. The van der Waals surface area contributed by atoms with Crippen LogP contribution < -0.4 is 0 Å². The predicted molar refractivity (Wildman–Crippen MR) is 58.4 cm³/mol. The smallest absolute Gasteiger partial charge is 0.307 e. The maximum atomic E-state index is 11.0. The van der Waals surface area contributed by atoms with Crippen molar-refractivity contribution in [1.29, 1.82) is 0 Å². The molecule has 2 rings (SSSR count). The first kappa shape index (κ1) is 10.3. The summed E-state index contributed by atoms with van der Waals surface area (Å²) in [5.41, 5.74) is 0.0500. The minimum absolute atomic E-state index is 0.0500. The predicted octanol–water partition coefficient (Wildman–Crippen LogP) is 2.49. The number of carboxylic acid groups (broad SMARTS) is 1. The number of rotatable bonds is 2. The average molecular weight is 214 g/mol. The maximum absolute atomic E-state index is 11.0. The SMILES string of the molecule is CC1(C)[C@H](C(=O)O)[C@H]1C1CCCSC1. The number of carbonyl (C=O) groups is 1. The van der Waals surface area contributed by atoms with Crippen molar-refractivity contribution >= 4 is 17.7 Å². The highest BCUT2D eigenvalue weighted by molar-refractivity contribution is 7.99. The maximum Gasteiger partial charge on any atom is 0.307 e. The van der Waals surface area contributed by atoms with Crippen LogP contribution in [0.25, 0.3) is 0 Å². The largest absolute Gasteiger partial charge is 0.481 e. The molecule has 14 heavy (non-hydrogen) atoms. The van der Waals surface area contributed by atoms with Crippen molar-refractivity contribution in [3.05, 3.63) is 0 Å². The van der Waals surface area contributed by atoms with E-state index in [1.165, 1.54) is 24.3 Å². The van der Waals surface area contributed by atoms with E-state index >= 15 is 0 Å². The molecule has 2 nitrogen and oxygen atoms in total. The van der Waals surface area contributed by atoms with Crippen molar-refractivity contribution in [3.63, 3.8) is 0 Å². The van der Waals surface area contributed by atoms with E-state index in [0.717, 1.165) is 0 Å². The van der Waals surface area contributed by atoms with Gasteiger partial charge in [0, 0.05) is 0 Å². The summed E-state index contributed by atoms with van der Waals surface area (Å²) in [4.78, 5) is 11.0. The van der Waals surface area contributed by atoms with Crippen LogP contribution in [0.15, 0.2) is 0 Å². The van der Waals surface area contributed by atoms with Crippen LogP contribution in [0.3, 0.4) is 0 Å². The highest BCUT2D eigenvalue weighted by Gasteiger charge is 2.64. The third-order valence-corrected chi connectivity index (χ3v) is 5.12. The molecule has 1 N–H and O–H groups in total. The molecule has 0 radical (unpaired) electrons. The Morgan fingerprint density at radius 3 is 2.64 bits per heavy atom. The van der Waals surface area contributed by atoms with Gasteiger partial charge in [0.05, 0.1) is 5.92 Å². The van der Waals surface area contributed by atoms with Crippen molar-refractivity contribution in [2.45, 2.75) is 26.7 Å². The summed E-state index contributed by atoms with van der Waals surface area (Å²) in [5, 5.41) is 9.08. The van der Waals surface area contributed by atoms with Gasteiger partial charge in [0.2, 0.25) is 0 Å². The van der Waals surface area contributed by atoms with Gasteiger partial charge in [-0.3, -0.25) is 4.79 Å². The molecule has 80 valence electrons. The molecular weight excluding hydrogens is 196 g/mol. The van der Waals surface area contributed by atoms with Crippen molar-refractivity contribution < 1.29 is 9.90 Å². The van der Waals surface area contributed by atoms with Crippen molar-refractivity contribution in [2.24, 2.45) is 23.2 Å². The van der Waals surface area contributed by atoms with Crippen LogP contribution in [0.4, 0.5) is 0 Å². The molecule has 1 unspecified atom stereocenters. The minimum atomic E-state index is -0.587. The zero-order chi connectivity index (χ0) is 10.3. The summed E-state index contributed by atoms with van der Waals surface area (Å²) < 4.78 is 0. The molecule has 0 amide bonds. The minimum Gasteiger partial charge on any atom is -0.481 e. The molecule has 0 aromatic heterocycles. The van der Waals surface area contributed by atoms with Crippen LogP contribution >= 0.6 is 11.8 Å². The Kier molecular flexibility index (Phi) is 2.54. The normalized spacial score (nSPS) is 40.6. The number of carboxylic acids is 1. The van der Waals surface area contributed by atoms with Crippen molar-refractivity contribution in [3.8, 4) is 0 Å². The number of hydrogen-bond acceptors (Lipinski definition) is 2. The van der Waals surface area contributed by atoms with E-state index in [-0.39, 0.29) is 11.3 Å². The highest BCUT2D eigenvalue weighted by Crippen LogP contribution is 2.63. The fourth-order valence-corrected chi connectivity index (χ4v) is 4.29. The second kappa shape index (κ2) is 3.44. The fourth-order valence-electron chi connectivity index (χ4n) is 3.08. The monoisotopic (exact) mass is 214 g/mol. The van der Waals surface area contributed by atoms with Crippen molar-refractivity contribution in [2.75, 3.05) is 11.5 Å². The van der Waals surface area contributed by atoms with Gasteiger partial charge in [-0.25, -0.2) is 0 Å². The molecule has 0 spiro atoms. The molecule has 1 saturated carbocycles. The Balaban J connectivity index is 2.02. The molecule has 3 atom stereocenters. The summed E-state index contributed by atoms with van der Waals surface area (Å²) >= 11 is 1.99. The molecule has 1 aliphatic heterocycles. The molecule has 1 heterocycles. The summed E-state index contributed by atoms with van der Waals surface area (Å²) in [7, 11) is 0. The molecule has 0 aromatic rings. The van der Waals surface area contributed by atoms with Crippen LogP contribution in [-0.4, -0.2) is 22.6 Å². The fraction of sp³-hybridized carbons (Fsp3) is 0.909. The Bertz CT molecular complexity index is 244. The van der Waals surface area contributed by atoms with Gasteiger partial charge in [0.15, 0.2) is 0 Å². The quantitative estimate of drug-likeness (QED) is 0.767. The van der Waals surface area contributed by atoms with E-state index in [4.69, 9.17) is 5.11 Å². The van der Waals surface area contributed by atoms with Gasteiger partial charge < -0.3 is 5.11 Å². The second-order valence-electron chi connectivity index (χ2n) is 5.14. The van der Waals surface area contributed by atoms with Crippen LogP contribution in [0.2, 0.25) is 0 Å². The first-order chi connectivity index (χ1) is 6.55.